The molecular formula is C17H28N2O2. The third-order valence-corrected chi connectivity index (χ3v) is 3.16. The number of amides is 2. The van der Waals surface area contributed by atoms with Crippen molar-refractivity contribution in [3.8, 4) is 5.75 Å². The molecule has 0 heterocycles. The SMILES string of the molecule is CC(C)CN(C)C(=O)NCCOc1ccccc1C(C)C. The van der Waals surface area contributed by atoms with Gasteiger partial charge in [-0.15, -0.1) is 0 Å². The number of nitrogens with one attached hydrogen (secondary N) is 1. The van der Waals surface area contributed by atoms with Crippen LogP contribution in [0.4, 0.5) is 4.79 Å². The number of urea groups is 1. The summed E-state index contributed by atoms with van der Waals surface area (Å²) in [4.78, 5) is 13.5. The van der Waals surface area contributed by atoms with Gasteiger partial charge >= 0.3 is 6.03 Å². The second-order valence-corrected chi connectivity index (χ2v) is 6.05. The molecule has 0 spiro atoms. The van der Waals surface area contributed by atoms with Crippen molar-refractivity contribution in [2.45, 2.75) is 33.6 Å². The number of carbonyl (C=O) groups excluding carboxylic acids is 1. The van der Waals surface area contributed by atoms with Gasteiger partial charge in [-0.05, 0) is 23.5 Å². The number of hydrogen-bond acceptors (Lipinski definition) is 2. The van der Waals surface area contributed by atoms with Gasteiger partial charge in [-0.2, -0.15) is 0 Å². The normalized spacial score (nSPS) is 10.8. The fourth-order valence-electron chi connectivity index (χ4n) is 2.17. The molecule has 118 valence electrons. The van der Waals surface area contributed by atoms with E-state index >= 15 is 0 Å². The van der Waals surface area contributed by atoms with E-state index in [2.05, 4.69) is 39.1 Å². The maximum absolute atomic E-state index is 11.8. The second-order valence-electron chi connectivity index (χ2n) is 6.05. The minimum Gasteiger partial charge on any atom is -0.491 e. The molecule has 21 heavy (non-hydrogen) atoms. The molecule has 1 N–H and O–H groups in total. The van der Waals surface area contributed by atoms with Gasteiger partial charge < -0.3 is 15.0 Å². The molecule has 1 aromatic rings. The lowest BCUT2D eigenvalue weighted by atomic mass is 10.0. The fourth-order valence-corrected chi connectivity index (χ4v) is 2.17. The molecule has 0 atom stereocenters. The van der Waals surface area contributed by atoms with Gasteiger partial charge in [0.05, 0.1) is 6.54 Å². The number of benzene rings is 1. The molecule has 1 aromatic carbocycles. The molecule has 0 unspecified atom stereocenters. The van der Waals surface area contributed by atoms with Gasteiger partial charge in [0.2, 0.25) is 0 Å². The van der Waals surface area contributed by atoms with Crippen LogP contribution in [0.5, 0.6) is 5.75 Å². The summed E-state index contributed by atoms with van der Waals surface area (Å²) in [5, 5.41) is 2.87. The summed E-state index contributed by atoms with van der Waals surface area (Å²) in [6.45, 7) is 10.2. The summed E-state index contributed by atoms with van der Waals surface area (Å²) in [5.74, 6) is 1.79. The Bertz CT molecular complexity index is 444. The van der Waals surface area contributed by atoms with E-state index < -0.39 is 0 Å². The molecule has 0 aliphatic rings. The van der Waals surface area contributed by atoms with Gasteiger partial charge in [0.25, 0.3) is 0 Å². The largest absolute Gasteiger partial charge is 0.491 e. The van der Waals surface area contributed by atoms with Crippen LogP contribution in [-0.4, -0.2) is 37.7 Å². The average Bonchev–Trinajstić information content (AvgIpc) is 2.42. The van der Waals surface area contributed by atoms with E-state index in [9.17, 15) is 4.79 Å². The molecule has 0 aliphatic heterocycles. The van der Waals surface area contributed by atoms with Crippen LogP contribution in [0.15, 0.2) is 24.3 Å². The third kappa shape index (κ3) is 6.06. The van der Waals surface area contributed by atoms with Crippen LogP contribution in [-0.2, 0) is 0 Å². The van der Waals surface area contributed by atoms with Crippen molar-refractivity contribution < 1.29 is 9.53 Å². The lowest BCUT2D eigenvalue weighted by molar-refractivity contribution is 0.200. The van der Waals surface area contributed by atoms with E-state index in [0.717, 1.165) is 12.3 Å². The van der Waals surface area contributed by atoms with Crippen molar-refractivity contribution in [3.05, 3.63) is 29.8 Å². The van der Waals surface area contributed by atoms with Crippen LogP contribution in [0.1, 0.15) is 39.2 Å². The van der Waals surface area contributed by atoms with E-state index in [1.807, 2.05) is 25.2 Å². The number of rotatable bonds is 7. The lowest BCUT2D eigenvalue weighted by Crippen LogP contribution is -2.40. The Balaban J connectivity index is 2.36. The van der Waals surface area contributed by atoms with Crippen molar-refractivity contribution in [1.29, 1.82) is 0 Å². The van der Waals surface area contributed by atoms with Crippen LogP contribution in [0.3, 0.4) is 0 Å². The maximum atomic E-state index is 11.8. The molecule has 2 amide bonds. The van der Waals surface area contributed by atoms with Gasteiger partial charge in [-0.1, -0.05) is 45.9 Å². The van der Waals surface area contributed by atoms with Crippen LogP contribution >= 0.6 is 0 Å². The topological polar surface area (TPSA) is 41.6 Å². The van der Waals surface area contributed by atoms with Crippen molar-refractivity contribution in [2.75, 3.05) is 26.7 Å². The molecule has 0 fully saturated rings. The zero-order valence-corrected chi connectivity index (χ0v) is 13.8. The molecular weight excluding hydrogens is 264 g/mol. The first-order valence-corrected chi connectivity index (χ1v) is 7.62. The van der Waals surface area contributed by atoms with Crippen molar-refractivity contribution in [1.82, 2.24) is 10.2 Å². The van der Waals surface area contributed by atoms with Gasteiger partial charge in [0, 0.05) is 13.6 Å². The summed E-state index contributed by atoms with van der Waals surface area (Å²) in [5.41, 5.74) is 1.20. The molecule has 0 aromatic heterocycles. The summed E-state index contributed by atoms with van der Waals surface area (Å²) in [6.07, 6.45) is 0. The highest BCUT2D eigenvalue weighted by Gasteiger charge is 2.10. The van der Waals surface area contributed by atoms with E-state index in [-0.39, 0.29) is 6.03 Å². The molecule has 0 bridgehead atoms. The monoisotopic (exact) mass is 292 g/mol. The number of ether oxygens (including phenoxy) is 1. The highest BCUT2D eigenvalue weighted by Crippen LogP contribution is 2.25. The molecule has 4 heteroatoms. The lowest BCUT2D eigenvalue weighted by Gasteiger charge is -2.20. The Hall–Kier alpha value is -1.71. The minimum atomic E-state index is -0.0514. The highest BCUT2D eigenvalue weighted by molar-refractivity contribution is 5.73. The molecule has 0 saturated carbocycles. The summed E-state index contributed by atoms with van der Waals surface area (Å²) < 4.78 is 5.78. The quantitative estimate of drug-likeness (QED) is 0.782. The summed E-state index contributed by atoms with van der Waals surface area (Å²) in [6, 6.07) is 7.99. The zero-order chi connectivity index (χ0) is 15.8. The first-order chi connectivity index (χ1) is 9.91. The van der Waals surface area contributed by atoms with Crippen LogP contribution < -0.4 is 10.1 Å². The number of hydrogen-bond donors (Lipinski definition) is 1. The molecule has 1 rings (SSSR count). The standard InChI is InChI=1S/C17H28N2O2/c1-13(2)12-19(5)17(20)18-10-11-21-16-9-7-6-8-15(16)14(3)4/h6-9,13-14H,10-12H2,1-5H3,(H,18,20). The van der Waals surface area contributed by atoms with E-state index in [0.29, 0.717) is 25.0 Å². The molecule has 4 nitrogen and oxygen atoms in total. The predicted molar refractivity (Wildman–Crippen MR) is 86.9 cm³/mol. The number of nitrogens with zero attached hydrogens (tertiary/aromatic N) is 1. The Morgan fingerprint density at radius 3 is 2.52 bits per heavy atom. The molecule has 0 aliphatic carbocycles. The summed E-state index contributed by atoms with van der Waals surface area (Å²) in [7, 11) is 1.81. The Morgan fingerprint density at radius 1 is 1.24 bits per heavy atom. The van der Waals surface area contributed by atoms with E-state index in [1.165, 1.54) is 5.56 Å². The van der Waals surface area contributed by atoms with Crippen LogP contribution in [0.25, 0.3) is 0 Å². The average molecular weight is 292 g/mol. The van der Waals surface area contributed by atoms with Crippen LogP contribution in [0.2, 0.25) is 0 Å². The van der Waals surface area contributed by atoms with Crippen LogP contribution in [0, 0.1) is 5.92 Å². The maximum Gasteiger partial charge on any atom is 0.317 e. The van der Waals surface area contributed by atoms with Crippen molar-refractivity contribution >= 4 is 6.03 Å². The van der Waals surface area contributed by atoms with Gasteiger partial charge in [0.15, 0.2) is 0 Å². The number of carbonyl (C=O) groups is 1. The third-order valence-electron chi connectivity index (χ3n) is 3.16. The van der Waals surface area contributed by atoms with Gasteiger partial charge in [-0.3, -0.25) is 0 Å². The first-order valence-electron chi connectivity index (χ1n) is 7.62. The minimum absolute atomic E-state index is 0.0514. The second kappa shape index (κ2) is 8.55. The fraction of sp³-hybridized carbons (Fsp3) is 0.588. The zero-order valence-electron chi connectivity index (χ0n) is 13.8. The van der Waals surface area contributed by atoms with Gasteiger partial charge in [-0.25, -0.2) is 4.79 Å². The van der Waals surface area contributed by atoms with E-state index in [1.54, 1.807) is 4.90 Å². The number of para-hydroxylation sites is 1. The summed E-state index contributed by atoms with van der Waals surface area (Å²) >= 11 is 0. The van der Waals surface area contributed by atoms with E-state index in [4.69, 9.17) is 4.74 Å². The first kappa shape index (κ1) is 17.3. The van der Waals surface area contributed by atoms with Crippen molar-refractivity contribution in [2.24, 2.45) is 5.92 Å². The molecule has 0 radical (unpaired) electrons. The predicted octanol–water partition coefficient (Wildman–Crippen LogP) is 3.49. The highest BCUT2D eigenvalue weighted by atomic mass is 16.5. The van der Waals surface area contributed by atoms with Gasteiger partial charge in [0.1, 0.15) is 12.4 Å². The van der Waals surface area contributed by atoms with Crippen molar-refractivity contribution in [3.63, 3.8) is 0 Å². The Morgan fingerprint density at radius 2 is 1.90 bits per heavy atom. The molecule has 0 saturated heterocycles. The smallest absolute Gasteiger partial charge is 0.317 e. The Labute approximate surface area is 128 Å². The Kier molecular flexibility index (Phi) is 7.06.